The van der Waals surface area contributed by atoms with Crippen LogP contribution in [0, 0.1) is 11.7 Å². The van der Waals surface area contributed by atoms with E-state index in [1.165, 1.54) is 63.4 Å². The van der Waals surface area contributed by atoms with Crippen LogP contribution in [0.5, 0.6) is 5.75 Å². The minimum atomic E-state index is -0.406. The Kier molecular flexibility index (Phi) is 10.6. The first kappa shape index (κ1) is 28.1. The van der Waals surface area contributed by atoms with Gasteiger partial charge in [-0.3, -0.25) is 0 Å². The predicted octanol–water partition coefficient (Wildman–Crippen LogP) is 10.3. The van der Waals surface area contributed by atoms with Gasteiger partial charge < -0.3 is 4.74 Å². The fourth-order valence-electron chi connectivity index (χ4n) is 5.74. The molecule has 0 bridgehead atoms. The number of carbonyl (C=O) groups is 1. The zero-order valence-electron chi connectivity index (χ0n) is 23.2. The second kappa shape index (κ2) is 14.3. The molecule has 4 rings (SSSR count). The lowest BCUT2D eigenvalue weighted by molar-refractivity contribution is 0.0734. The lowest BCUT2D eigenvalue weighted by Gasteiger charge is -2.29. The molecule has 0 heterocycles. The molecular weight excluding hydrogens is 471 g/mol. The van der Waals surface area contributed by atoms with Gasteiger partial charge in [-0.05, 0) is 97.4 Å². The van der Waals surface area contributed by atoms with E-state index in [9.17, 15) is 4.79 Å². The molecule has 0 atom stereocenters. The summed E-state index contributed by atoms with van der Waals surface area (Å²) in [5.41, 5.74) is 4.16. The van der Waals surface area contributed by atoms with Crippen molar-refractivity contribution in [1.29, 1.82) is 0 Å². The Bertz CT molecular complexity index is 1140. The summed E-state index contributed by atoms with van der Waals surface area (Å²) in [6.07, 6.45) is 14.8. The fraction of sp³-hybridized carbons (Fsp3) is 0.457. The van der Waals surface area contributed by atoms with Crippen LogP contribution < -0.4 is 4.74 Å². The highest BCUT2D eigenvalue weighted by Crippen LogP contribution is 2.39. The summed E-state index contributed by atoms with van der Waals surface area (Å²) in [5, 5.41) is 0. The van der Waals surface area contributed by atoms with E-state index in [2.05, 4.69) is 19.9 Å². The van der Waals surface area contributed by atoms with Gasteiger partial charge in [0, 0.05) is 5.56 Å². The van der Waals surface area contributed by atoms with Crippen molar-refractivity contribution in [3.8, 4) is 16.9 Å². The van der Waals surface area contributed by atoms with E-state index >= 15 is 4.39 Å². The number of hydrogen-bond acceptors (Lipinski definition) is 2. The van der Waals surface area contributed by atoms with Crippen molar-refractivity contribution in [2.45, 2.75) is 96.8 Å². The van der Waals surface area contributed by atoms with Gasteiger partial charge in [0.2, 0.25) is 0 Å². The second-order valence-electron chi connectivity index (χ2n) is 11.0. The van der Waals surface area contributed by atoms with E-state index < -0.39 is 5.97 Å². The number of benzene rings is 3. The Morgan fingerprint density at radius 2 is 1.50 bits per heavy atom. The van der Waals surface area contributed by atoms with Crippen LogP contribution in [0.15, 0.2) is 66.7 Å². The molecule has 0 saturated heterocycles. The van der Waals surface area contributed by atoms with Crippen molar-refractivity contribution >= 4 is 5.97 Å². The van der Waals surface area contributed by atoms with Crippen LogP contribution in [0.1, 0.15) is 112 Å². The van der Waals surface area contributed by atoms with Crippen LogP contribution in [0.3, 0.4) is 0 Å². The lowest BCUT2D eigenvalue weighted by atomic mass is 9.77. The largest absolute Gasteiger partial charge is 0.423 e. The van der Waals surface area contributed by atoms with E-state index in [0.717, 1.165) is 36.3 Å². The molecule has 0 unspecified atom stereocenters. The number of halogens is 1. The predicted molar refractivity (Wildman–Crippen MR) is 155 cm³/mol. The third-order valence-electron chi connectivity index (χ3n) is 8.16. The minimum absolute atomic E-state index is 0.193. The summed E-state index contributed by atoms with van der Waals surface area (Å²) < 4.78 is 20.7. The van der Waals surface area contributed by atoms with E-state index in [1.54, 1.807) is 30.3 Å². The van der Waals surface area contributed by atoms with Gasteiger partial charge in [0.05, 0.1) is 5.56 Å². The topological polar surface area (TPSA) is 26.3 Å². The Balaban J connectivity index is 1.32. The standard InChI is InChI=1S/C35H43FO2/c1-3-5-7-9-26-11-15-28(16-12-26)31-21-24-33(34(36)25-31)29-17-19-30(20-18-29)35(37)38-32-22-13-27(14-23-32)10-8-6-4-2/h13-14,17-26,28H,3-12,15-16H2,1-2H3. The average molecular weight is 515 g/mol. The minimum Gasteiger partial charge on any atom is -0.423 e. The molecule has 1 aliphatic carbocycles. The number of rotatable bonds is 12. The van der Waals surface area contributed by atoms with Gasteiger partial charge in [0.25, 0.3) is 0 Å². The molecule has 38 heavy (non-hydrogen) atoms. The second-order valence-corrected chi connectivity index (χ2v) is 11.0. The van der Waals surface area contributed by atoms with Gasteiger partial charge in [0.1, 0.15) is 11.6 Å². The molecule has 0 radical (unpaired) electrons. The monoisotopic (exact) mass is 514 g/mol. The Morgan fingerprint density at radius 3 is 2.16 bits per heavy atom. The molecule has 0 aromatic heterocycles. The first-order valence-corrected chi connectivity index (χ1v) is 14.8. The van der Waals surface area contributed by atoms with E-state index in [1.807, 2.05) is 30.3 Å². The highest BCUT2D eigenvalue weighted by molar-refractivity contribution is 5.91. The summed E-state index contributed by atoms with van der Waals surface area (Å²) in [6.45, 7) is 4.45. The van der Waals surface area contributed by atoms with Crippen molar-refractivity contribution in [1.82, 2.24) is 0 Å². The molecule has 1 fully saturated rings. The number of ether oxygens (including phenoxy) is 1. The van der Waals surface area contributed by atoms with E-state index in [-0.39, 0.29) is 5.82 Å². The number of aryl methyl sites for hydroxylation is 1. The molecule has 0 amide bonds. The smallest absolute Gasteiger partial charge is 0.343 e. The maximum Gasteiger partial charge on any atom is 0.343 e. The van der Waals surface area contributed by atoms with E-state index in [4.69, 9.17) is 4.74 Å². The van der Waals surface area contributed by atoms with Gasteiger partial charge in [-0.25, -0.2) is 9.18 Å². The average Bonchev–Trinajstić information content (AvgIpc) is 2.95. The zero-order valence-corrected chi connectivity index (χ0v) is 23.2. The quantitative estimate of drug-likeness (QED) is 0.136. The first-order valence-electron chi connectivity index (χ1n) is 14.8. The summed E-state index contributed by atoms with van der Waals surface area (Å²) in [4.78, 5) is 12.6. The van der Waals surface area contributed by atoms with Crippen LogP contribution in [0.4, 0.5) is 4.39 Å². The van der Waals surface area contributed by atoms with Crippen molar-refractivity contribution in [3.05, 3.63) is 89.2 Å². The molecule has 0 N–H and O–H groups in total. The molecule has 3 aromatic rings. The summed E-state index contributed by atoms with van der Waals surface area (Å²) in [5.74, 6) is 1.25. The van der Waals surface area contributed by atoms with Gasteiger partial charge in [-0.1, -0.05) is 88.8 Å². The number of esters is 1. The van der Waals surface area contributed by atoms with E-state index in [0.29, 0.717) is 22.8 Å². The molecule has 0 aliphatic heterocycles. The summed E-state index contributed by atoms with van der Waals surface area (Å²) in [6, 6.07) is 20.5. The highest BCUT2D eigenvalue weighted by atomic mass is 19.1. The molecule has 1 saturated carbocycles. The molecule has 202 valence electrons. The van der Waals surface area contributed by atoms with Gasteiger partial charge in [0.15, 0.2) is 0 Å². The van der Waals surface area contributed by atoms with Crippen LogP contribution in [-0.4, -0.2) is 5.97 Å². The molecule has 1 aliphatic rings. The fourth-order valence-corrected chi connectivity index (χ4v) is 5.74. The van der Waals surface area contributed by atoms with Crippen LogP contribution in [0.2, 0.25) is 0 Å². The third-order valence-corrected chi connectivity index (χ3v) is 8.16. The van der Waals surface area contributed by atoms with Crippen molar-refractivity contribution < 1.29 is 13.9 Å². The van der Waals surface area contributed by atoms with Crippen LogP contribution in [-0.2, 0) is 6.42 Å². The maximum atomic E-state index is 15.2. The number of unbranched alkanes of at least 4 members (excludes halogenated alkanes) is 4. The molecular formula is C35H43FO2. The van der Waals surface area contributed by atoms with Gasteiger partial charge in [-0.2, -0.15) is 0 Å². The summed E-state index contributed by atoms with van der Waals surface area (Å²) in [7, 11) is 0. The SMILES string of the molecule is CCCCCc1ccc(OC(=O)c2ccc(-c3ccc(C4CCC(CCCCC)CC4)cc3F)cc2)cc1. The Hall–Kier alpha value is -2.94. The Morgan fingerprint density at radius 1 is 0.816 bits per heavy atom. The van der Waals surface area contributed by atoms with Gasteiger partial charge in [-0.15, -0.1) is 0 Å². The zero-order chi connectivity index (χ0) is 26.7. The molecule has 3 aromatic carbocycles. The van der Waals surface area contributed by atoms with Crippen LogP contribution >= 0.6 is 0 Å². The Labute approximate surface area is 228 Å². The first-order chi connectivity index (χ1) is 18.6. The lowest BCUT2D eigenvalue weighted by Crippen LogP contribution is -2.13. The normalized spacial score (nSPS) is 17.3. The summed E-state index contributed by atoms with van der Waals surface area (Å²) >= 11 is 0. The third kappa shape index (κ3) is 7.79. The number of hydrogen-bond donors (Lipinski definition) is 0. The molecule has 0 spiro atoms. The van der Waals surface area contributed by atoms with Crippen molar-refractivity contribution in [3.63, 3.8) is 0 Å². The van der Waals surface area contributed by atoms with Crippen LogP contribution in [0.25, 0.3) is 11.1 Å². The molecule has 3 heteroatoms. The van der Waals surface area contributed by atoms with Crippen molar-refractivity contribution in [2.24, 2.45) is 5.92 Å². The number of carbonyl (C=O) groups excluding carboxylic acids is 1. The van der Waals surface area contributed by atoms with Crippen molar-refractivity contribution in [2.75, 3.05) is 0 Å². The molecule has 2 nitrogen and oxygen atoms in total. The highest BCUT2D eigenvalue weighted by Gasteiger charge is 2.23. The van der Waals surface area contributed by atoms with Gasteiger partial charge >= 0.3 is 5.97 Å². The maximum absolute atomic E-state index is 15.2.